The first-order valence-corrected chi connectivity index (χ1v) is 17.9. The fourth-order valence-corrected chi connectivity index (χ4v) is 7.70. The number of aromatic nitrogens is 2. The maximum absolute atomic E-state index is 14.0. The number of fused-ring (bicyclic) bond motifs is 6. The minimum atomic E-state index is -4.63. The van der Waals surface area contributed by atoms with Gasteiger partial charge in [0.05, 0.1) is 56.2 Å². The van der Waals surface area contributed by atoms with Crippen molar-refractivity contribution in [3.63, 3.8) is 0 Å². The molecule has 0 bridgehead atoms. The molecule has 0 N–H and O–H groups in total. The van der Waals surface area contributed by atoms with Crippen LogP contribution in [0.3, 0.4) is 0 Å². The fraction of sp³-hybridized carbons (Fsp3) is 0.191. The predicted molar refractivity (Wildman–Crippen MR) is 212 cm³/mol. The van der Waals surface area contributed by atoms with Gasteiger partial charge in [0.1, 0.15) is 6.07 Å². The van der Waals surface area contributed by atoms with Crippen LogP contribution in [-0.2, 0) is 17.0 Å². The third kappa shape index (κ3) is 5.51. The van der Waals surface area contributed by atoms with Gasteiger partial charge in [0.2, 0.25) is 0 Å². The van der Waals surface area contributed by atoms with Crippen molar-refractivity contribution in [3.8, 4) is 34.6 Å². The minimum Gasteiger partial charge on any atom is -0.309 e. The Kier molecular flexibility index (Phi) is 7.80. The number of nitrogens with zero attached hydrogens (tertiary/aromatic N) is 4. The van der Waals surface area contributed by atoms with Gasteiger partial charge in [-0.25, -0.2) is 0 Å². The molecule has 8 rings (SSSR count). The van der Waals surface area contributed by atoms with Crippen molar-refractivity contribution >= 4 is 43.6 Å². The lowest BCUT2D eigenvalue weighted by Gasteiger charge is -2.21. The molecule has 0 aliphatic heterocycles. The van der Waals surface area contributed by atoms with Crippen LogP contribution in [0.4, 0.5) is 13.2 Å². The number of rotatable bonds is 3. The quantitative estimate of drug-likeness (QED) is 0.183. The number of alkyl halides is 3. The summed E-state index contributed by atoms with van der Waals surface area (Å²) in [6.07, 6.45) is -4.63. The van der Waals surface area contributed by atoms with E-state index in [9.17, 15) is 23.7 Å². The summed E-state index contributed by atoms with van der Waals surface area (Å²) in [5, 5.41) is 25.4. The van der Waals surface area contributed by atoms with E-state index in [0.29, 0.717) is 28.1 Å². The van der Waals surface area contributed by atoms with E-state index in [1.165, 1.54) is 11.6 Å². The van der Waals surface area contributed by atoms with Gasteiger partial charge in [0, 0.05) is 32.7 Å². The number of hydrogen-bond acceptors (Lipinski definition) is 2. The molecule has 0 atom stereocenters. The van der Waals surface area contributed by atoms with Gasteiger partial charge in [0.25, 0.3) is 0 Å². The number of nitriles is 2. The molecule has 6 aromatic carbocycles. The van der Waals surface area contributed by atoms with E-state index in [1.54, 1.807) is 0 Å². The van der Waals surface area contributed by atoms with Gasteiger partial charge in [-0.15, -0.1) is 0 Å². The Morgan fingerprint density at radius 3 is 1.39 bits per heavy atom. The lowest BCUT2D eigenvalue weighted by molar-refractivity contribution is -0.137. The Morgan fingerprint density at radius 2 is 0.907 bits per heavy atom. The highest BCUT2D eigenvalue weighted by Crippen LogP contribution is 2.43. The van der Waals surface area contributed by atoms with E-state index in [-0.39, 0.29) is 16.4 Å². The summed E-state index contributed by atoms with van der Waals surface area (Å²) < 4.78 is 46.1. The molecule has 4 nitrogen and oxygen atoms in total. The molecule has 0 saturated carbocycles. The molecule has 266 valence electrons. The second-order valence-corrected chi connectivity index (χ2v) is 16.0. The van der Waals surface area contributed by atoms with E-state index in [1.807, 2.05) is 48.5 Å². The Morgan fingerprint density at radius 1 is 0.444 bits per heavy atom. The summed E-state index contributed by atoms with van der Waals surface area (Å²) in [7, 11) is 0. The molecule has 0 amide bonds. The molecule has 0 radical (unpaired) electrons. The van der Waals surface area contributed by atoms with Crippen molar-refractivity contribution in [1.29, 1.82) is 10.5 Å². The first kappa shape index (κ1) is 34.8. The van der Waals surface area contributed by atoms with E-state index in [2.05, 4.69) is 111 Å². The van der Waals surface area contributed by atoms with Gasteiger partial charge in [-0.05, 0) is 82.6 Å². The molecular formula is C47H37F3N4. The normalized spacial score (nSPS) is 12.5. The summed E-state index contributed by atoms with van der Waals surface area (Å²) in [5.41, 5.74) is 6.97. The summed E-state index contributed by atoms with van der Waals surface area (Å²) in [6.45, 7) is 13.0. The molecule has 7 heteroatoms. The van der Waals surface area contributed by atoms with E-state index in [4.69, 9.17) is 0 Å². The van der Waals surface area contributed by atoms with Gasteiger partial charge in [0.15, 0.2) is 0 Å². The van der Waals surface area contributed by atoms with Crippen molar-refractivity contribution in [3.05, 3.63) is 143 Å². The summed E-state index contributed by atoms with van der Waals surface area (Å²) in [4.78, 5) is 0. The highest BCUT2D eigenvalue weighted by atomic mass is 19.4. The van der Waals surface area contributed by atoms with Gasteiger partial charge >= 0.3 is 6.18 Å². The van der Waals surface area contributed by atoms with Crippen LogP contribution in [0.25, 0.3) is 66.1 Å². The minimum absolute atomic E-state index is 0.101. The van der Waals surface area contributed by atoms with E-state index < -0.39 is 11.7 Å². The molecule has 0 spiro atoms. The lowest BCUT2D eigenvalue weighted by Crippen LogP contribution is -2.10. The third-order valence-electron chi connectivity index (χ3n) is 10.6. The van der Waals surface area contributed by atoms with Gasteiger partial charge in [-0.3, -0.25) is 0 Å². The van der Waals surface area contributed by atoms with Crippen LogP contribution >= 0.6 is 0 Å². The topological polar surface area (TPSA) is 57.4 Å². The average molecular weight is 715 g/mol. The number of benzene rings is 6. The zero-order valence-electron chi connectivity index (χ0n) is 30.9. The van der Waals surface area contributed by atoms with Gasteiger partial charge in [-0.1, -0.05) is 96.1 Å². The van der Waals surface area contributed by atoms with Crippen molar-refractivity contribution in [2.45, 2.75) is 58.5 Å². The zero-order valence-corrected chi connectivity index (χ0v) is 30.9. The van der Waals surface area contributed by atoms with Crippen molar-refractivity contribution in [2.24, 2.45) is 0 Å². The van der Waals surface area contributed by atoms with Gasteiger partial charge < -0.3 is 9.13 Å². The Labute approximate surface area is 311 Å². The van der Waals surface area contributed by atoms with Crippen LogP contribution in [0, 0.1) is 22.7 Å². The first-order chi connectivity index (χ1) is 25.6. The maximum Gasteiger partial charge on any atom is 0.416 e. The molecular weight excluding hydrogens is 678 g/mol. The van der Waals surface area contributed by atoms with Crippen LogP contribution in [0.1, 0.15) is 69.4 Å². The zero-order chi connectivity index (χ0) is 38.3. The average Bonchev–Trinajstić information content (AvgIpc) is 3.65. The largest absolute Gasteiger partial charge is 0.416 e. The highest BCUT2D eigenvalue weighted by Gasteiger charge is 2.32. The smallest absolute Gasteiger partial charge is 0.309 e. The first-order valence-electron chi connectivity index (χ1n) is 17.9. The van der Waals surface area contributed by atoms with Crippen molar-refractivity contribution in [1.82, 2.24) is 9.13 Å². The molecule has 0 aliphatic carbocycles. The standard InChI is InChI=1S/C47H37F3N4/c1-45(2,3)30-16-19-41-36(23-30)34-11-7-9-13-39(34)53(41)43-25-38(33-18-15-32(47(48,49)50)21-28(33)26-51)44(22-29(43)27-52)54-40-14-10-8-12-35(40)37-24-31(46(4,5)6)17-20-42(37)54/h7-25H,1-6H3. The van der Waals surface area contributed by atoms with Crippen LogP contribution in [-0.4, -0.2) is 9.13 Å². The van der Waals surface area contributed by atoms with Crippen LogP contribution in [0.5, 0.6) is 0 Å². The lowest BCUT2D eigenvalue weighted by atomic mass is 9.86. The SMILES string of the molecule is CC(C)(C)c1ccc2c(c1)c1ccccc1n2-c1cc(-c2ccc(C(F)(F)F)cc2C#N)c(-n2c3ccccc3c3cc(C(C)(C)C)ccc32)cc1C#N. The highest BCUT2D eigenvalue weighted by molar-refractivity contribution is 6.11. The Balaban J connectivity index is 1.52. The molecule has 8 aromatic rings. The second kappa shape index (κ2) is 12.1. The third-order valence-corrected chi connectivity index (χ3v) is 10.6. The molecule has 2 heterocycles. The molecule has 54 heavy (non-hydrogen) atoms. The van der Waals surface area contributed by atoms with Crippen LogP contribution in [0.2, 0.25) is 0 Å². The van der Waals surface area contributed by atoms with Crippen LogP contribution in [0.15, 0.2) is 115 Å². The number of para-hydroxylation sites is 2. The second-order valence-electron chi connectivity index (χ2n) is 16.0. The number of halogens is 3. The van der Waals surface area contributed by atoms with Crippen LogP contribution < -0.4 is 0 Å². The Hall–Kier alpha value is -6.31. The van der Waals surface area contributed by atoms with Gasteiger partial charge in [-0.2, -0.15) is 23.7 Å². The van der Waals surface area contributed by atoms with Crippen molar-refractivity contribution in [2.75, 3.05) is 0 Å². The van der Waals surface area contributed by atoms with E-state index in [0.717, 1.165) is 61.3 Å². The monoisotopic (exact) mass is 714 g/mol. The summed E-state index contributed by atoms with van der Waals surface area (Å²) >= 11 is 0. The molecule has 2 aromatic heterocycles. The summed E-state index contributed by atoms with van der Waals surface area (Å²) in [6, 6.07) is 40.3. The molecule has 0 unspecified atom stereocenters. The maximum atomic E-state index is 14.0. The summed E-state index contributed by atoms with van der Waals surface area (Å²) in [5.74, 6) is 0. The molecule has 0 aliphatic rings. The number of hydrogen-bond donors (Lipinski definition) is 0. The Bertz CT molecular complexity index is 2910. The fourth-order valence-electron chi connectivity index (χ4n) is 7.70. The predicted octanol–water partition coefficient (Wildman–Crippen LogP) is 12.9. The molecule has 0 fully saturated rings. The molecule has 0 saturated heterocycles. The van der Waals surface area contributed by atoms with Crippen molar-refractivity contribution < 1.29 is 13.2 Å². The van der Waals surface area contributed by atoms with E-state index >= 15 is 0 Å².